The lowest BCUT2D eigenvalue weighted by molar-refractivity contribution is -0.124. The molecule has 5 heteroatoms. The topological polar surface area (TPSA) is 51.1 Å². The van der Waals surface area contributed by atoms with Crippen molar-refractivity contribution in [2.45, 2.75) is 19.5 Å². The second kappa shape index (κ2) is 7.78. The molecule has 3 aromatic rings. The van der Waals surface area contributed by atoms with E-state index < -0.39 is 6.04 Å². The Balaban J connectivity index is 1.71. The molecule has 1 amide bonds. The molecule has 1 N–H and O–H groups in total. The Hall–Kier alpha value is -3.21. The van der Waals surface area contributed by atoms with Crippen LogP contribution in [0.4, 0.5) is 4.39 Å². The average Bonchev–Trinajstić information content (AvgIpc) is 3.16. The molecule has 0 saturated carbocycles. The summed E-state index contributed by atoms with van der Waals surface area (Å²) >= 11 is 0. The molecule has 0 saturated heterocycles. The number of benzene rings is 2. The van der Waals surface area contributed by atoms with E-state index in [1.165, 1.54) is 12.1 Å². The predicted octanol–water partition coefficient (Wildman–Crippen LogP) is 3.74. The van der Waals surface area contributed by atoms with Crippen LogP contribution >= 0.6 is 0 Å². The zero-order valence-electron chi connectivity index (χ0n) is 14.4. The normalized spacial score (nSPS) is 11.8. The highest BCUT2D eigenvalue weighted by molar-refractivity contribution is 6.08. The lowest BCUT2D eigenvalue weighted by Crippen LogP contribution is -2.31. The quantitative estimate of drug-likeness (QED) is 0.689. The number of carbonyl (C=O) groups is 2. The Kier molecular flexibility index (Phi) is 5.27. The van der Waals surface area contributed by atoms with Gasteiger partial charge in [-0.25, -0.2) is 4.39 Å². The summed E-state index contributed by atoms with van der Waals surface area (Å²) in [6, 6.07) is 17.8. The minimum Gasteiger partial charge on any atom is -0.350 e. The van der Waals surface area contributed by atoms with Gasteiger partial charge in [0, 0.05) is 18.3 Å². The zero-order chi connectivity index (χ0) is 18.5. The van der Waals surface area contributed by atoms with Crippen molar-refractivity contribution in [3.8, 4) is 0 Å². The van der Waals surface area contributed by atoms with Crippen LogP contribution in [0.1, 0.15) is 34.6 Å². The first-order valence-electron chi connectivity index (χ1n) is 8.35. The van der Waals surface area contributed by atoms with Crippen molar-refractivity contribution in [1.82, 2.24) is 9.88 Å². The van der Waals surface area contributed by atoms with Gasteiger partial charge >= 0.3 is 0 Å². The summed E-state index contributed by atoms with van der Waals surface area (Å²) in [5, 5.41) is 2.82. The van der Waals surface area contributed by atoms with Gasteiger partial charge in [0.25, 0.3) is 0 Å². The lowest BCUT2D eigenvalue weighted by Gasteiger charge is -2.17. The SMILES string of the molecule is CC(C(=O)NCc1ccc(F)cc1)n1cccc1C(=O)c1ccccc1. The molecule has 4 nitrogen and oxygen atoms in total. The molecule has 1 atom stereocenters. The summed E-state index contributed by atoms with van der Waals surface area (Å²) in [4.78, 5) is 25.2. The van der Waals surface area contributed by atoms with Gasteiger partial charge in [-0.2, -0.15) is 0 Å². The van der Waals surface area contributed by atoms with Crippen molar-refractivity contribution in [3.05, 3.63) is 95.6 Å². The molecule has 1 aromatic heterocycles. The molecule has 0 radical (unpaired) electrons. The maximum absolute atomic E-state index is 12.9. The molecule has 0 aliphatic carbocycles. The fourth-order valence-corrected chi connectivity index (χ4v) is 2.73. The number of halogens is 1. The number of hydrogen-bond acceptors (Lipinski definition) is 2. The summed E-state index contributed by atoms with van der Waals surface area (Å²) in [5.41, 5.74) is 1.84. The molecule has 1 heterocycles. The summed E-state index contributed by atoms with van der Waals surface area (Å²) in [5.74, 6) is -0.661. The number of carbonyl (C=O) groups excluding carboxylic acids is 2. The van der Waals surface area contributed by atoms with Crippen molar-refractivity contribution in [3.63, 3.8) is 0 Å². The van der Waals surface area contributed by atoms with Crippen molar-refractivity contribution >= 4 is 11.7 Å². The van der Waals surface area contributed by atoms with Crippen molar-refractivity contribution < 1.29 is 14.0 Å². The van der Waals surface area contributed by atoms with Crippen LogP contribution in [0.5, 0.6) is 0 Å². The van der Waals surface area contributed by atoms with Crippen LogP contribution in [-0.4, -0.2) is 16.3 Å². The minimum absolute atomic E-state index is 0.131. The van der Waals surface area contributed by atoms with E-state index in [9.17, 15) is 14.0 Å². The van der Waals surface area contributed by atoms with E-state index in [0.717, 1.165) is 5.56 Å². The number of ketones is 1. The first-order valence-corrected chi connectivity index (χ1v) is 8.35. The number of nitrogens with one attached hydrogen (secondary N) is 1. The molecule has 2 aromatic carbocycles. The number of hydrogen-bond donors (Lipinski definition) is 1. The predicted molar refractivity (Wildman–Crippen MR) is 97.3 cm³/mol. The lowest BCUT2D eigenvalue weighted by atomic mass is 10.1. The van der Waals surface area contributed by atoms with Crippen LogP contribution in [0.15, 0.2) is 72.9 Å². The number of rotatable bonds is 6. The molecular formula is C21H19FN2O2. The minimum atomic E-state index is -0.548. The van der Waals surface area contributed by atoms with E-state index in [4.69, 9.17) is 0 Å². The summed E-state index contributed by atoms with van der Waals surface area (Å²) in [6.45, 7) is 2.04. The molecule has 0 spiro atoms. The zero-order valence-corrected chi connectivity index (χ0v) is 14.4. The number of aromatic nitrogens is 1. The molecule has 26 heavy (non-hydrogen) atoms. The third kappa shape index (κ3) is 3.88. The van der Waals surface area contributed by atoms with E-state index in [1.807, 2.05) is 6.07 Å². The fourth-order valence-electron chi connectivity index (χ4n) is 2.73. The monoisotopic (exact) mass is 350 g/mol. The number of amides is 1. The molecule has 3 rings (SSSR count). The number of nitrogens with zero attached hydrogens (tertiary/aromatic N) is 1. The molecule has 132 valence electrons. The van der Waals surface area contributed by atoms with Gasteiger partial charge in [-0.1, -0.05) is 42.5 Å². The fraction of sp³-hybridized carbons (Fsp3) is 0.143. The van der Waals surface area contributed by atoms with Crippen molar-refractivity contribution in [2.75, 3.05) is 0 Å². The van der Waals surface area contributed by atoms with Gasteiger partial charge in [0.1, 0.15) is 11.9 Å². The molecule has 0 fully saturated rings. The van der Waals surface area contributed by atoms with Crippen LogP contribution in [0, 0.1) is 5.82 Å². The maximum atomic E-state index is 12.9. The van der Waals surface area contributed by atoms with Crippen molar-refractivity contribution in [1.29, 1.82) is 0 Å². The van der Waals surface area contributed by atoms with Gasteiger partial charge in [0.15, 0.2) is 0 Å². The Morgan fingerprint density at radius 1 is 1.00 bits per heavy atom. The van der Waals surface area contributed by atoms with Crippen LogP contribution in [0.2, 0.25) is 0 Å². The summed E-state index contributed by atoms with van der Waals surface area (Å²) in [7, 11) is 0. The van der Waals surface area contributed by atoms with Gasteiger partial charge in [-0.3, -0.25) is 9.59 Å². The highest BCUT2D eigenvalue weighted by Gasteiger charge is 2.20. The second-order valence-corrected chi connectivity index (χ2v) is 6.02. The first-order chi connectivity index (χ1) is 12.6. The molecular weight excluding hydrogens is 331 g/mol. The molecule has 1 unspecified atom stereocenters. The first kappa shape index (κ1) is 17.6. The van der Waals surface area contributed by atoms with Gasteiger partial charge in [-0.15, -0.1) is 0 Å². The summed E-state index contributed by atoms with van der Waals surface area (Å²) in [6.07, 6.45) is 1.72. The molecule has 0 bridgehead atoms. The Labute approximate surface area is 151 Å². The van der Waals surface area contributed by atoms with Gasteiger partial charge in [-0.05, 0) is 36.8 Å². The highest BCUT2D eigenvalue weighted by Crippen LogP contribution is 2.16. The van der Waals surface area contributed by atoms with E-state index in [2.05, 4.69) is 5.32 Å². The van der Waals surface area contributed by atoms with E-state index in [-0.39, 0.29) is 17.5 Å². The highest BCUT2D eigenvalue weighted by atomic mass is 19.1. The average molecular weight is 350 g/mol. The Morgan fingerprint density at radius 2 is 1.69 bits per heavy atom. The van der Waals surface area contributed by atoms with Crippen molar-refractivity contribution in [2.24, 2.45) is 0 Å². The van der Waals surface area contributed by atoms with Crippen LogP contribution in [0.25, 0.3) is 0 Å². The van der Waals surface area contributed by atoms with Gasteiger partial charge < -0.3 is 9.88 Å². The van der Waals surface area contributed by atoms with Gasteiger partial charge in [0.05, 0.1) is 5.69 Å². The third-order valence-corrected chi connectivity index (χ3v) is 4.22. The van der Waals surface area contributed by atoms with E-state index in [0.29, 0.717) is 17.8 Å². The van der Waals surface area contributed by atoms with E-state index >= 15 is 0 Å². The second-order valence-electron chi connectivity index (χ2n) is 6.02. The smallest absolute Gasteiger partial charge is 0.243 e. The van der Waals surface area contributed by atoms with Crippen LogP contribution in [-0.2, 0) is 11.3 Å². The molecule has 0 aliphatic heterocycles. The standard InChI is InChI=1S/C21H19FN2O2/c1-15(21(26)23-14-16-9-11-18(22)12-10-16)24-13-5-8-19(24)20(25)17-6-3-2-4-7-17/h2-13,15H,14H2,1H3,(H,23,26). The largest absolute Gasteiger partial charge is 0.350 e. The van der Waals surface area contributed by atoms with Gasteiger partial charge in [0.2, 0.25) is 11.7 Å². The van der Waals surface area contributed by atoms with Crippen LogP contribution in [0.3, 0.4) is 0 Å². The van der Waals surface area contributed by atoms with Crippen LogP contribution < -0.4 is 5.32 Å². The molecule has 0 aliphatic rings. The maximum Gasteiger partial charge on any atom is 0.243 e. The third-order valence-electron chi connectivity index (χ3n) is 4.22. The Bertz CT molecular complexity index is 901. The Morgan fingerprint density at radius 3 is 2.38 bits per heavy atom. The summed E-state index contributed by atoms with van der Waals surface area (Å²) < 4.78 is 14.6. The van der Waals surface area contributed by atoms with E-state index in [1.54, 1.807) is 66.2 Å².